The standard InChI is InChI=1S/C21H23NO4/c1-2-25-21(24)15-14-20(23)22-18-10-12-19(13-11-18)26-16-6-9-17-7-4-3-5-8-17/h3-5,7-8,10-15H,2,6,9,16H2,1H3,(H,22,23)/b15-14+. The van der Waals surface area contributed by atoms with Crippen LogP contribution in [0.2, 0.25) is 0 Å². The summed E-state index contributed by atoms with van der Waals surface area (Å²) in [6.45, 7) is 2.61. The number of amides is 1. The summed E-state index contributed by atoms with van der Waals surface area (Å²) in [5, 5.41) is 2.67. The molecule has 5 heteroatoms. The molecule has 0 aromatic heterocycles. The lowest BCUT2D eigenvalue weighted by Crippen LogP contribution is -2.09. The zero-order valence-electron chi connectivity index (χ0n) is 14.8. The Morgan fingerprint density at radius 2 is 1.73 bits per heavy atom. The molecule has 0 spiro atoms. The first kappa shape index (κ1) is 19.2. The summed E-state index contributed by atoms with van der Waals surface area (Å²) in [6, 6.07) is 17.4. The Bertz CT molecular complexity index is 723. The molecule has 136 valence electrons. The normalized spacial score (nSPS) is 10.5. The highest BCUT2D eigenvalue weighted by molar-refractivity contribution is 6.02. The van der Waals surface area contributed by atoms with Crippen LogP contribution in [0.4, 0.5) is 5.69 Å². The van der Waals surface area contributed by atoms with Crippen LogP contribution in [0.3, 0.4) is 0 Å². The summed E-state index contributed by atoms with van der Waals surface area (Å²) in [5.74, 6) is -0.186. The molecule has 5 nitrogen and oxygen atoms in total. The number of benzene rings is 2. The van der Waals surface area contributed by atoms with Crippen LogP contribution in [0.15, 0.2) is 66.7 Å². The van der Waals surface area contributed by atoms with E-state index in [0.717, 1.165) is 30.7 Å². The molecule has 0 saturated heterocycles. The van der Waals surface area contributed by atoms with Crippen molar-refractivity contribution in [2.24, 2.45) is 0 Å². The van der Waals surface area contributed by atoms with Crippen molar-refractivity contribution < 1.29 is 19.1 Å². The highest BCUT2D eigenvalue weighted by Gasteiger charge is 2.01. The lowest BCUT2D eigenvalue weighted by molar-refractivity contribution is -0.137. The van der Waals surface area contributed by atoms with E-state index < -0.39 is 11.9 Å². The van der Waals surface area contributed by atoms with Crippen molar-refractivity contribution in [1.29, 1.82) is 0 Å². The smallest absolute Gasteiger partial charge is 0.330 e. The number of aryl methyl sites for hydroxylation is 1. The number of nitrogens with one attached hydrogen (secondary N) is 1. The minimum Gasteiger partial charge on any atom is -0.494 e. The first-order valence-corrected chi connectivity index (χ1v) is 8.60. The Kier molecular flexibility index (Phi) is 7.93. The van der Waals surface area contributed by atoms with Gasteiger partial charge in [-0.15, -0.1) is 0 Å². The number of ether oxygens (including phenoxy) is 2. The summed E-state index contributed by atoms with van der Waals surface area (Å²) in [5.41, 5.74) is 1.92. The lowest BCUT2D eigenvalue weighted by Gasteiger charge is -2.08. The number of carbonyl (C=O) groups excluding carboxylic acids is 2. The van der Waals surface area contributed by atoms with Crippen molar-refractivity contribution in [3.05, 3.63) is 72.3 Å². The molecule has 2 aromatic carbocycles. The average Bonchev–Trinajstić information content (AvgIpc) is 2.66. The molecule has 0 unspecified atom stereocenters. The molecular weight excluding hydrogens is 330 g/mol. The summed E-state index contributed by atoms with van der Waals surface area (Å²) < 4.78 is 10.4. The predicted molar refractivity (Wildman–Crippen MR) is 101 cm³/mol. The Labute approximate surface area is 153 Å². The largest absolute Gasteiger partial charge is 0.494 e. The van der Waals surface area contributed by atoms with Crippen LogP contribution in [-0.2, 0) is 20.7 Å². The highest BCUT2D eigenvalue weighted by atomic mass is 16.5. The van der Waals surface area contributed by atoms with Crippen molar-refractivity contribution in [1.82, 2.24) is 0 Å². The fourth-order valence-electron chi connectivity index (χ4n) is 2.26. The van der Waals surface area contributed by atoms with Gasteiger partial charge >= 0.3 is 5.97 Å². The quantitative estimate of drug-likeness (QED) is 0.424. The molecule has 0 atom stereocenters. The maximum Gasteiger partial charge on any atom is 0.330 e. The minimum atomic E-state index is -0.540. The van der Waals surface area contributed by atoms with Crippen LogP contribution < -0.4 is 10.1 Å². The molecule has 26 heavy (non-hydrogen) atoms. The molecule has 2 rings (SSSR count). The number of carbonyl (C=O) groups is 2. The Morgan fingerprint density at radius 3 is 2.42 bits per heavy atom. The molecule has 0 fully saturated rings. The minimum absolute atomic E-state index is 0.275. The average molecular weight is 353 g/mol. The third-order valence-corrected chi connectivity index (χ3v) is 3.50. The van der Waals surface area contributed by atoms with Gasteiger partial charge in [-0.3, -0.25) is 4.79 Å². The third-order valence-electron chi connectivity index (χ3n) is 3.50. The number of rotatable bonds is 9. The summed E-state index contributed by atoms with van der Waals surface area (Å²) in [7, 11) is 0. The van der Waals surface area contributed by atoms with Gasteiger partial charge < -0.3 is 14.8 Å². The molecule has 0 radical (unpaired) electrons. The van der Waals surface area contributed by atoms with Gasteiger partial charge in [0.15, 0.2) is 0 Å². The third kappa shape index (κ3) is 7.21. The molecule has 1 amide bonds. The highest BCUT2D eigenvalue weighted by Crippen LogP contribution is 2.16. The van der Waals surface area contributed by atoms with Gasteiger partial charge in [-0.25, -0.2) is 4.79 Å². The van der Waals surface area contributed by atoms with E-state index in [1.54, 1.807) is 31.2 Å². The maximum absolute atomic E-state index is 11.7. The lowest BCUT2D eigenvalue weighted by atomic mass is 10.1. The molecule has 0 saturated carbocycles. The molecule has 0 aliphatic heterocycles. The first-order valence-electron chi connectivity index (χ1n) is 8.60. The number of hydrogen-bond acceptors (Lipinski definition) is 4. The van der Waals surface area contributed by atoms with Crippen molar-refractivity contribution in [2.45, 2.75) is 19.8 Å². The SMILES string of the molecule is CCOC(=O)/C=C/C(=O)Nc1ccc(OCCCc2ccccc2)cc1. The topological polar surface area (TPSA) is 64.6 Å². The monoisotopic (exact) mass is 353 g/mol. The van der Waals surface area contributed by atoms with E-state index in [0.29, 0.717) is 12.3 Å². The van der Waals surface area contributed by atoms with Crippen LogP contribution in [0.1, 0.15) is 18.9 Å². The molecule has 2 aromatic rings. The van der Waals surface area contributed by atoms with Gasteiger partial charge in [-0.2, -0.15) is 0 Å². The van der Waals surface area contributed by atoms with Gasteiger partial charge in [0.05, 0.1) is 13.2 Å². The maximum atomic E-state index is 11.7. The number of esters is 1. The molecule has 0 aliphatic rings. The summed E-state index contributed by atoms with van der Waals surface area (Å²) in [6.07, 6.45) is 4.15. The molecule has 0 bridgehead atoms. The van der Waals surface area contributed by atoms with Gasteiger partial charge in [0, 0.05) is 17.8 Å². The number of hydrogen-bond donors (Lipinski definition) is 1. The zero-order chi connectivity index (χ0) is 18.6. The van der Waals surface area contributed by atoms with E-state index in [4.69, 9.17) is 9.47 Å². The summed E-state index contributed by atoms with van der Waals surface area (Å²) in [4.78, 5) is 22.9. The Morgan fingerprint density at radius 1 is 1.00 bits per heavy atom. The van der Waals surface area contributed by atoms with Gasteiger partial charge in [-0.1, -0.05) is 30.3 Å². The predicted octanol–water partition coefficient (Wildman–Crippen LogP) is 3.76. The Hall–Kier alpha value is -3.08. The second-order valence-corrected chi connectivity index (χ2v) is 5.54. The van der Waals surface area contributed by atoms with Crippen LogP contribution in [-0.4, -0.2) is 25.1 Å². The fourth-order valence-corrected chi connectivity index (χ4v) is 2.26. The second kappa shape index (κ2) is 10.7. The van der Waals surface area contributed by atoms with Crippen LogP contribution >= 0.6 is 0 Å². The number of anilines is 1. The van der Waals surface area contributed by atoms with Gasteiger partial charge in [0.2, 0.25) is 5.91 Å². The van der Waals surface area contributed by atoms with Crippen molar-refractivity contribution in [3.8, 4) is 5.75 Å². The van der Waals surface area contributed by atoms with Gasteiger partial charge in [0.1, 0.15) is 5.75 Å². The van der Waals surface area contributed by atoms with E-state index in [9.17, 15) is 9.59 Å². The van der Waals surface area contributed by atoms with E-state index in [1.807, 2.05) is 18.2 Å². The van der Waals surface area contributed by atoms with Crippen molar-refractivity contribution >= 4 is 17.6 Å². The first-order chi connectivity index (χ1) is 12.7. The zero-order valence-corrected chi connectivity index (χ0v) is 14.8. The van der Waals surface area contributed by atoms with Gasteiger partial charge in [0.25, 0.3) is 0 Å². The van der Waals surface area contributed by atoms with Crippen molar-refractivity contribution in [3.63, 3.8) is 0 Å². The molecule has 0 aliphatic carbocycles. The van der Waals surface area contributed by atoms with E-state index in [-0.39, 0.29) is 6.61 Å². The molecule has 0 heterocycles. The van der Waals surface area contributed by atoms with E-state index in [2.05, 4.69) is 17.4 Å². The van der Waals surface area contributed by atoms with Crippen LogP contribution in [0.25, 0.3) is 0 Å². The van der Waals surface area contributed by atoms with Crippen LogP contribution in [0, 0.1) is 0 Å². The van der Waals surface area contributed by atoms with E-state index >= 15 is 0 Å². The van der Waals surface area contributed by atoms with Gasteiger partial charge in [-0.05, 0) is 49.6 Å². The molecular formula is C21H23NO4. The summed E-state index contributed by atoms with van der Waals surface area (Å²) >= 11 is 0. The second-order valence-electron chi connectivity index (χ2n) is 5.54. The fraction of sp³-hybridized carbons (Fsp3) is 0.238. The van der Waals surface area contributed by atoms with Crippen LogP contribution in [0.5, 0.6) is 5.75 Å². The van der Waals surface area contributed by atoms with Crippen molar-refractivity contribution in [2.75, 3.05) is 18.5 Å². The van der Waals surface area contributed by atoms with E-state index in [1.165, 1.54) is 5.56 Å². The molecule has 1 N–H and O–H groups in total. The Balaban J connectivity index is 1.72.